The normalized spacial score (nSPS) is 15.5. The fourth-order valence-corrected chi connectivity index (χ4v) is 4.11. The maximum absolute atomic E-state index is 13.5. The second-order valence-electron chi connectivity index (χ2n) is 7.98. The Morgan fingerprint density at radius 2 is 1.74 bits per heavy atom. The van der Waals surface area contributed by atoms with Gasteiger partial charge >= 0.3 is 0 Å². The van der Waals surface area contributed by atoms with Gasteiger partial charge in [0.05, 0.1) is 5.02 Å². The monoisotopic (exact) mass is 434 g/mol. The van der Waals surface area contributed by atoms with Crippen molar-refractivity contribution in [2.24, 2.45) is 0 Å². The molecule has 1 fully saturated rings. The van der Waals surface area contributed by atoms with Crippen molar-refractivity contribution in [3.63, 3.8) is 0 Å². The van der Waals surface area contributed by atoms with E-state index in [2.05, 4.69) is 26.2 Å². The van der Waals surface area contributed by atoms with Gasteiger partial charge in [-0.15, -0.1) is 0 Å². The lowest BCUT2D eigenvalue weighted by atomic mass is 10.0. The van der Waals surface area contributed by atoms with Crippen molar-refractivity contribution < 1.29 is 4.79 Å². The molecule has 5 nitrogen and oxygen atoms in total. The quantitative estimate of drug-likeness (QED) is 0.623. The van der Waals surface area contributed by atoms with Crippen molar-refractivity contribution in [3.8, 4) is 0 Å². The van der Waals surface area contributed by atoms with E-state index in [-0.39, 0.29) is 11.9 Å². The molecule has 0 bridgehead atoms. The fraction of sp³-hybridized carbons (Fsp3) is 0.280. The average Bonchev–Trinajstić information content (AvgIpc) is 2.78. The molecule has 1 aromatic heterocycles. The van der Waals surface area contributed by atoms with E-state index in [0.29, 0.717) is 5.02 Å². The van der Waals surface area contributed by atoms with Gasteiger partial charge in [-0.05, 0) is 48.7 Å². The van der Waals surface area contributed by atoms with E-state index in [1.165, 1.54) is 0 Å². The standard InChI is InChI=1S/C25H27ClN4O/c1-18-8-9-19(2)22(16-18)28-25(31)24(20-6-4-3-5-7-20)30-14-12-29(13-15-30)23-11-10-21(26)17-27-23/h3-11,16-17,24H,12-15H2,1-2H3,(H,28,31). The summed E-state index contributed by atoms with van der Waals surface area (Å²) in [4.78, 5) is 22.4. The van der Waals surface area contributed by atoms with Crippen LogP contribution in [0.1, 0.15) is 22.7 Å². The van der Waals surface area contributed by atoms with Gasteiger partial charge in [-0.2, -0.15) is 0 Å². The molecule has 1 atom stereocenters. The summed E-state index contributed by atoms with van der Waals surface area (Å²) in [5.74, 6) is 0.915. The molecule has 4 rings (SSSR count). The molecule has 1 amide bonds. The van der Waals surface area contributed by atoms with Crippen molar-refractivity contribution in [2.75, 3.05) is 36.4 Å². The summed E-state index contributed by atoms with van der Waals surface area (Å²) < 4.78 is 0. The molecule has 6 heteroatoms. The topological polar surface area (TPSA) is 48.5 Å². The Labute approximate surface area is 188 Å². The average molecular weight is 435 g/mol. The fourth-order valence-electron chi connectivity index (χ4n) is 4.00. The third kappa shape index (κ3) is 5.06. The number of halogens is 1. The number of benzene rings is 2. The zero-order valence-electron chi connectivity index (χ0n) is 17.9. The molecular weight excluding hydrogens is 408 g/mol. The Balaban J connectivity index is 1.53. The second kappa shape index (κ2) is 9.50. The first kappa shape index (κ1) is 21.3. The number of aromatic nitrogens is 1. The van der Waals surface area contributed by atoms with Crippen LogP contribution in [0.5, 0.6) is 0 Å². The van der Waals surface area contributed by atoms with Crippen molar-refractivity contribution >= 4 is 29.0 Å². The molecule has 1 saturated heterocycles. The van der Waals surface area contributed by atoms with Crippen molar-refractivity contribution in [1.29, 1.82) is 0 Å². The van der Waals surface area contributed by atoms with E-state index in [1.54, 1.807) is 6.20 Å². The molecule has 1 N–H and O–H groups in total. The van der Waals surface area contributed by atoms with Crippen LogP contribution in [0.15, 0.2) is 66.9 Å². The first-order chi connectivity index (χ1) is 15.0. The highest BCUT2D eigenvalue weighted by molar-refractivity contribution is 6.30. The number of hydrogen-bond donors (Lipinski definition) is 1. The van der Waals surface area contributed by atoms with Crippen LogP contribution in [-0.4, -0.2) is 42.0 Å². The smallest absolute Gasteiger partial charge is 0.246 e. The highest BCUT2D eigenvalue weighted by Gasteiger charge is 2.31. The third-order valence-electron chi connectivity index (χ3n) is 5.73. The van der Waals surface area contributed by atoms with Gasteiger partial charge in [-0.3, -0.25) is 9.69 Å². The molecule has 0 aliphatic carbocycles. The number of aryl methyl sites for hydroxylation is 2. The number of carbonyl (C=O) groups is 1. The van der Waals surface area contributed by atoms with E-state index in [1.807, 2.05) is 68.4 Å². The molecule has 3 aromatic rings. The van der Waals surface area contributed by atoms with Gasteiger partial charge in [-0.1, -0.05) is 54.1 Å². The molecule has 31 heavy (non-hydrogen) atoms. The lowest BCUT2D eigenvalue weighted by molar-refractivity contribution is -0.121. The number of hydrogen-bond acceptors (Lipinski definition) is 4. The highest BCUT2D eigenvalue weighted by atomic mass is 35.5. The van der Waals surface area contributed by atoms with E-state index >= 15 is 0 Å². The van der Waals surface area contributed by atoms with Crippen LogP contribution in [0, 0.1) is 13.8 Å². The lowest BCUT2D eigenvalue weighted by Crippen LogP contribution is -2.50. The number of nitrogens with one attached hydrogen (secondary N) is 1. The largest absolute Gasteiger partial charge is 0.354 e. The van der Waals surface area contributed by atoms with Gasteiger partial charge in [0.1, 0.15) is 11.9 Å². The third-order valence-corrected chi connectivity index (χ3v) is 5.95. The number of pyridine rings is 1. The number of carbonyl (C=O) groups excluding carboxylic acids is 1. The minimum absolute atomic E-state index is 0.00188. The van der Waals surface area contributed by atoms with E-state index in [4.69, 9.17) is 11.6 Å². The zero-order chi connectivity index (χ0) is 21.8. The van der Waals surface area contributed by atoms with Crippen LogP contribution < -0.4 is 10.2 Å². The number of nitrogens with zero attached hydrogens (tertiary/aromatic N) is 3. The van der Waals surface area contributed by atoms with E-state index in [0.717, 1.165) is 54.4 Å². The van der Waals surface area contributed by atoms with Gasteiger partial charge in [0.15, 0.2) is 0 Å². The van der Waals surface area contributed by atoms with Gasteiger partial charge < -0.3 is 10.2 Å². The summed E-state index contributed by atoms with van der Waals surface area (Å²) >= 11 is 5.97. The van der Waals surface area contributed by atoms with Gasteiger partial charge in [-0.25, -0.2) is 4.98 Å². The predicted molar refractivity (Wildman–Crippen MR) is 127 cm³/mol. The van der Waals surface area contributed by atoms with Crippen molar-refractivity contribution in [3.05, 3.63) is 88.6 Å². The second-order valence-corrected chi connectivity index (χ2v) is 8.41. The highest BCUT2D eigenvalue weighted by Crippen LogP contribution is 2.27. The SMILES string of the molecule is Cc1ccc(C)c(NC(=O)C(c2ccccc2)N2CCN(c3ccc(Cl)cn3)CC2)c1. The summed E-state index contributed by atoms with van der Waals surface area (Å²) in [5, 5.41) is 3.81. The summed E-state index contributed by atoms with van der Waals surface area (Å²) in [6.45, 7) is 7.19. The summed E-state index contributed by atoms with van der Waals surface area (Å²) in [6.07, 6.45) is 1.67. The molecule has 1 aliphatic rings. The minimum atomic E-state index is -0.346. The van der Waals surface area contributed by atoms with Gasteiger partial charge in [0, 0.05) is 38.1 Å². The minimum Gasteiger partial charge on any atom is -0.354 e. The summed E-state index contributed by atoms with van der Waals surface area (Å²) in [5.41, 5.74) is 4.06. The first-order valence-electron chi connectivity index (χ1n) is 10.5. The summed E-state index contributed by atoms with van der Waals surface area (Å²) in [6, 6.07) is 19.6. The van der Waals surface area contributed by atoms with E-state index in [9.17, 15) is 4.79 Å². The Bertz CT molecular complexity index is 1030. The molecular formula is C25H27ClN4O. The van der Waals surface area contributed by atoms with Gasteiger partial charge in [0.2, 0.25) is 5.91 Å². The molecule has 0 radical (unpaired) electrons. The molecule has 160 valence electrons. The number of amides is 1. The van der Waals surface area contributed by atoms with Crippen LogP contribution in [0.4, 0.5) is 11.5 Å². The Hall–Kier alpha value is -2.89. The van der Waals surface area contributed by atoms with Crippen LogP contribution in [0.25, 0.3) is 0 Å². The molecule has 0 spiro atoms. The Kier molecular flexibility index (Phi) is 6.54. The zero-order valence-corrected chi connectivity index (χ0v) is 18.6. The molecule has 0 saturated carbocycles. The number of rotatable bonds is 5. The lowest BCUT2D eigenvalue weighted by Gasteiger charge is -2.39. The van der Waals surface area contributed by atoms with E-state index < -0.39 is 0 Å². The molecule has 1 unspecified atom stereocenters. The predicted octanol–water partition coefficient (Wildman–Crippen LogP) is 4.85. The molecule has 1 aliphatic heterocycles. The van der Waals surface area contributed by atoms with Crippen LogP contribution >= 0.6 is 11.6 Å². The first-order valence-corrected chi connectivity index (χ1v) is 10.9. The van der Waals surface area contributed by atoms with Crippen molar-refractivity contribution in [1.82, 2.24) is 9.88 Å². The molecule has 2 heterocycles. The molecule has 2 aromatic carbocycles. The Morgan fingerprint density at radius 1 is 1.00 bits per heavy atom. The van der Waals surface area contributed by atoms with Crippen molar-refractivity contribution in [2.45, 2.75) is 19.9 Å². The Morgan fingerprint density at radius 3 is 2.42 bits per heavy atom. The van der Waals surface area contributed by atoms with Crippen LogP contribution in [0.3, 0.4) is 0 Å². The maximum atomic E-state index is 13.5. The van der Waals surface area contributed by atoms with Gasteiger partial charge in [0.25, 0.3) is 0 Å². The number of piperazine rings is 1. The summed E-state index contributed by atoms with van der Waals surface area (Å²) in [7, 11) is 0. The van der Waals surface area contributed by atoms with Crippen LogP contribution in [-0.2, 0) is 4.79 Å². The number of anilines is 2. The van der Waals surface area contributed by atoms with Crippen LogP contribution in [0.2, 0.25) is 5.02 Å². The maximum Gasteiger partial charge on any atom is 0.246 e.